The van der Waals surface area contributed by atoms with Gasteiger partial charge in [0.25, 0.3) is 0 Å². The van der Waals surface area contributed by atoms with Crippen molar-refractivity contribution in [1.29, 1.82) is 0 Å². The van der Waals surface area contributed by atoms with Gasteiger partial charge >= 0.3 is 0 Å². The first-order valence-electron chi connectivity index (χ1n) is 16.5. The summed E-state index contributed by atoms with van der Waals surface area (Å²) in [6.07, 6.45) is 0. The van der Waals surface area contributed by atoms with E-state index in [0.717, 1.165) is 72.1 Å². The van der Waals surface area contributed by atoms with Gasteiger partial charge in [-0.2, -0.15) is 0 Å². The van der Waals surface area contributed by atoms with E-state index >= 15 is 0 Å². The van der Waals surface area contributed by atoms with Crippen LogP contribution in [0.15, 0.2) is 160 Å². The van der Waals surface area contributed by atoms with Crippen LogP contribution >= 0.6 is 0 Å². The third-order valence-corrected chi connectivity index (χ3v) is 10.3. The number of fused-ring (bicyclic) bond motifs is 9. The maximum atomic E-state index is 6.70. The van der Waals surface area contributed by atoms with Gasteiger partial charge in [-0.05, 0) is 70.3 Å². The molecule has 0 fully saturated rings. The number of hydrogen-bond acceptors (Lipinski definition) is 3. The predicted molar refractivity (Wildman–Crippen MR) is 199 cm³/mol. The average molecular weight is 618 g/mol. The lowest BCUT2D eigenvalue weighted by molar-refractivity contribution is 0.660. The summed E-state index contributed by atoms with van der Waals surface area (Å²) in [5, 5.41) is 4.44. The van der Waals surface area contributed by atoms with Gasteiger partial charge in [0, 0.05) is 38.2 Å². The van der Waals surface area contributed by atoms with Crippen LogP contribution in [0.25, 0.3) is 66.1 Å². The number of furan rings is 2. The molecule has 0 saturated carbocycles. The topological polar surface area (TPSA) is 29.5 Å². The fourth-order valence-corrected chi connectivity index (χ4v) is 8.04. The van der Waals surface area contributed by atoms with Crippen molar-refractivity contribution < 1.29 is 8.83 Å². The van der Waals surface area contributed by atoms with Gasteiger partial charge in [0.1, 0.15) is 16.7 Å². The van der Waals surface area contributed by atoms with E-state index in [-0.39, 0.29) is 5.41 Å². The number of nitrogens with zero attached hydrogens (tertiary/aromatic N) is 1. The van der Waals surface area contributed by atoms with Crippen molar-refractivity contribution in [2.75, 3.05) is 4.90 Å². The molecule has 0 aliphatic heterocycles. The molecule has 0 bridgehead atoms. The molecule has 0 N–H and O–H groups in total. The van der Waals surface area contributed by atoms with E-state index in [1.54, 1.807) is 0 Å². The standard InChI is InChI=1S/C45H31NO2/c1-45(2)36-19-7-3-13-29(36)30-26-25-28(27-37(30)45)46(39-21-11-18-34-32-15-5-9-22-40(32)48-44(34)39)38-20-8-4-14-31(38)33-17-12-24-42-43(33)35-16-6-10-23-41(35)47-42/h3-27H,1-2H3. The van der Waals surface area contributed by atoms with E-state index in [1.165, 1.54) is 22.3 Å². The molecule has 2 aromatic heterocycles. The first-order chi connectivity index (χ1) is 23.6. The van der Waals surface area contributed by atoms with Crippen LogP contribution in [0.3, 0.4) is 0 Å². The molecular weight excluding hydrogens is 587 g/mol. The Morgan fingerprint density at radius 2 is 1.04 bits per heavy atom. The minimum absolute atomic E-state index is 0.139. The molecule has 228 valence electrons. The van der Waals surface area contributed by atoms with Gasteiger partial charge in [0.05, 0.1) is 11.4 Å². The largest absolute Gasteiger partial charge is 0.456 e. The van der Waals surface area contributed by atoms with Crippen LogP contribution in [0.5, 0.6) is 0 Å². The Hall–Kier alpha value is -6.06. The highest BCUT2D eigenvalue weighted by molar-refractivity contribution is 6.15. The molecule has 3 nitrogen and oxygen atoms in total. The first kappa shape index (κ1) is 27.1. The molecule has 2 heterocycles. The quantitative estimate of drug-likeness (QED) is 0.197. The van der Waals surface area contributed by atoms with E-state index in [0.29, 0.717) is 0 Å². The summed E-state index contributed by atoms with van der Waals surface area (Å²) < 4.78 is 13.0. The van der Waals surface area contributed by atoms with Crippen LogP contribution in [-0.4, -0.2) is 0 Å². The predicted octanol–water partition coefficient (Wildman–Crippen LogP) is 12.9. The minimum Gasteiger partial charge on any atom is -0.456 e. The third kappa shape index (κ3) is 3.76. The van der Waals surface area contributed by atoms with Gasteiger partial charge in [0.15, 0.2) is 5.58 Å². The lowest BCUT2D eigenvalue weighted by Crippen LogP contribution is -2.17. The van der Waals surface area contributed by atoms with Gasteiger partial charge < -0.3 is 13.7 Å². The van der Waals surface area contributed by atoms with Crippen LogP contribution in [0, 0.1) is 0 Å². The number of anilines is 3. The molecular formula is C45H31NO2. The monoisotopic (exact) mass is 617 g/mol. The molecule has 0 atom stereocenters. The summed E-state index contributed by atoms with van der Waals surface area (Å²) >= 11 is 0. The third-order valence-electron chi connectivity index (χ3n) is 10.3. The Bertz CT molecular complexity index is 2730. The van der Waals surface area contributed by atoms with Crippen molar-refractivity contribution in [3.63, 3.8) is 0 Å². The van der Waals surface area contributed by atoms with Crippen molar-refractivity contribution >= 4 is 60.9 Å². The second-order valence-electron chi connectivity index (χ2n) is 13.3. The van der Waals surface area contributed by atoms with Gasteiger partial charge in [-0.15, -0.1) is 0 Å². The highest BCUT2D eigenvalue weighted by atomic mass is 16.3. The summed E-state index contributed by atoms with van der Waals surface area (Å²) in [6, 6.07) is 54.0. The lowest BCUT2D eigenvalue weighted by atomic mass is 9.82. The molecule has 0 spiro atoms. The fraction of sp³-hybridized carbons (Fsp3) is 0.0667. The Morgan fingerprint density at radius 1 is 0.438 bits per heavy atom. The summed E-state index contributed by atoms with van der Waals surface area (Å²) in [5.74, 6) is 0. The summed E-state index contributed by atoms with van der Waals surface area (Å²) in [4.78, 5) is 2.39. The molecule has 1 aliphatic rings. The van der Waals surface area contributed by atoms with Gasteiger partial charge in [-0.1, -0.05) is 123 Å². The normalized spacial score (nSPS) is 13.4. The van der Waals surface area contributed by atoms with E-state index < -0.39 is 0 Å². The zero-order chi connectivity index (χ0) is 32.0. The van der Waals surface area contributed by atoms with E-state index in [1.807, 2.05) is 18.2 Å². The van der Waals surface area contributed by atoms with Crippen LogP contribution in [0.1, 0.15) is 25.0 Å². The van der Waals surface area contributed by atoms with Crippen molar-refractivity contribution in [2.24, 2.45) is 0 Å². The number of para-hydroxylation sites is 4. The number of hydrogen-bond donors (Lipinski definition) is 0. The Labute approximate surface area is 278 Å². The van der Waals surface area contributed by atoms with Crippen molar-refractivity contribution in [1.82, 2.24) is 0 Å². The van der Waals surface area contributed by atoms with Crippen LogP contribution in [0.4, 0.5) is 17.1 Å². The lowest BCUT2D eigenvalue weighted by Gasteiger charge is -2.30. The molecule has 7 aromatic carbocycles. The average Bonchev–Trinajstić information content (AvgIpc) is 3.77. The number of rotatable bonds is 4. The van der Waals surface area contributed by atoms with Crippen molar-refractivity contribution in [3.05, 3.63) is 163 Å². The van der Waals surface area contributed by atoms with Crippen LogP contribution in [-0.2, 0) is 5.41 Å². The fourth-order valence-electron chi connectivity index (χ4n) is 8.04. The maximum Gasteiger partial charge on any atom is 0.159 e. The highest BCUT2D eigenvalue weighted by Gasteiger charge is 2.36. The number of benzene rings is 7. The Kier molecular flexibility index (Phi) is 5.63. The van der Waals surface area contributed by atoms with Crippen LogP contribution < -0.4 is 4.90 Å². The maximum absolute atomic E-state index is 6.70. The second-order valence-corrected chi connectivity index (χ2v) is 13.3. The van der Waals surface area contributed by atoms with Gasteiger partial charge in [0.2, 0.25) is 0 Å². The van der Waals surface area contributed by atoms with Crippen molar-refractivity contribution in [3.8, 4) is 22.3 Å². The molecule has 0 saturated heterocycles. The molecule has 9 aromatic rings. The van der Waals surface area contributed by atoms with E-state index in [9.17, 15) is 0 Å². The smallest absolute Gasteiger partial charge is 0.159 e. The SMILES string of the molecule is CC1(C)c2ccccc2-c2ccc(N(c3ccccc3-c3cccc4oc5ccccc5c34)c3cccc4c3oc3ccccc34)cc21. The van der Waals surface area contributed by atoms with Crippen LogP contribution in [0.2, 0.25) is 0 Å². The van der Waals surface area contributed by atoms with E-state index in [2.05, 4.69) is 152 Å². The zero-order valence-corrected chi connectivity index (χ0v) is 26.7. The summed E-state index contributed by atoms with van der Waals surface area (Å²) in [5.41, 5.74) is 14.1. The molecule has 0 radical (unpaired) electrons. The minimum atomic E-state index is -0.139. The Balaban J connectivity index is 1.28. The summed E-state index contributed by atoms with van der Waals surface area (Å²) in [7, 11) is 0. The van der Waals surface area contributed by atoms with Gasteiger partial charge in [-0.25, -0.2) is 0 Å². The molecule has 3 heteroatoms. The second kappa shape index (κ2) is 9.97. The molecule has 0 unspecified atom stereocenters. The van der Waals surface area contributed by atoms with Crippen molar-refractivity contribution in [2.45, 2.75) is 19.3 Å². The highest BCUT2D eigenvalue weighted by Crippen LogP contribution is 2.52. The zero-order valence-electron chi connectivity index (χ0n) is 26.7. The molecule has 1 aliphatic carbocycles. The molecule has 10 rings (SSSR count). The van der Waals surface area contributed by atoms with Gasteiger partial charge in [-0.3, -0.25) is 0 Å². The Morgan fingerprint density at radius 3 is 1.92 bits per heavy atom. The summed E-state index contributed by atoms with van der Waals surface area (Å²) in [6.45, 7) is 4.68. The first-order valence-corrected chi connectivity index (χ1v) is 16.5. The molecule has 48 heavy (non-hydrogen) atoms. The van der Waals surface area contributed by atoms with E-state index in [4.69, 9.17) is 8.83 Å². The molecule has 0 amide bonds.